The highest BCUT2D eigenvalue weighted by Gasteiger charge is 2.37. The molecule has 2 unspecified atom stereocenters. The van der Waals surface area contributed by atoms with Gasteiger partial charge in [0, 0.05) is 6.42 Å². The smallest absolute Gasteiger partial charge is 0.228 e. The Morgan fingerprint density at radius 2 is 2.42 bits per heavy atom. The van der Waals surface area contributed by atoms with Crippen molar-refractivity contribution in [2.75, 3.05) is 0 Å². The molecule has 1 fully saturated rings. The normalized spacial score (nSPS) is 28.8. The van der Waals surface area contributed by atoms with Crippen LogP contribution in [0.5, 0.6) is 0 Å². The number of hydrogen-bond donors (Lipinski definition) is 1. The number of Topliss-reactive ketones (excluding diaryl/α,β-unsaturated/α-hetero) is 1. The van der Waals surface area contributed by atoms with Gasteiger partial charge in [-0.3, -0.25) is 9.59 Å². The SMILES string of the molecule is C=CCC1CCC(=O)C1C(N)=O. The van der Waals surface area contributed by atoms with E-state index < -0.39 is 11.8 Å². The molecule has 2 N–H and O–H groups in total. The van der Waals surface area contributed by atoms with Crippen LogP contribution in [0.25, 0.3) is 0 Å². The highest BCUT2D eigenvalue weighted by molar-refractivity contribution is 6.02. The summed E-state index contributed by atoms with van der Waals surface area (Å²) >= 11 is 0. The highest BCUT2D eigenvalue weighted by Crippen LogP contribution is 2.31. The Bertz CT molecular complexity index is 223. The fourth-order valence-electron chi connectivity index (χ4n) is 1.77. The molecule has 0 aromatic carbocycles. The topological polar surface area (TPSA) is 60.2 Å². The molecule has 0 aromatic rings. The number of amides is 1. The molecule has 0 heterocycles. The quantitative estimate of drug-likeness (QED) is 0.495. The van der Waals surface area contributed by atoms with Crippen molar-refractivity contribution in [1.82, 2.24) is 0 Å². The summed E-state index contributed by atoms with van der Waals surface area (Å²) in [6, 6.07) is 0. The average Bonchev–Trinajstić information content (AvgIpc) is 2.32. The Labute approximate surface area is 71.6 Å². The van der Waals surface area contributed by atoms with Crippen molar-refractivity contribution in [2.24, 2.45) is 17.6 Å². The standard InChI is InChI=1S/C9H13NO2/c1-2-3-6-4-5-7(11)8(6)9(10)12/h2,6,8H,1,3-5H2,(H2,10,12). The number of allylic oxidation sites excluding steroid dienone is 1. The van der Waals surface area contributed by atoms with Crippen molar-refractivity contribution >= 4 is 11.7 Å². The molecule has 1 saturated carbocycles. The largest absolute Gasteiger partial charge is 0.369 e. The first-order valence-corrected chi connectivity index (χ1v) is 4.09. The molecule has 3 nitrogen and oxygen atoms in total. The van der Waals surface area contributed by atoms with Crippen LogP contribution >= 0.6 is 0 Å². The van der Waals surface area contributed by atoms with E-state index in [1.807, 2.05) is 0 Å². The number of carbonyl (C=O) groups is 2. The summed E-state index contributed by atoms with van der Waals surface area (Å²) < 4.78 is 0. The molecule has 12 heavy (non-hydrogen) atoms. The monoisotopic (exact) mass is 167 g/mol. The van der Waals surface area contributed by atoms with Crippen LogP contribution in [0.2, 0.25) is 0 Å². The lowest BCUT2D eigenvalue weighted by atomic mass is 9.92. The molecule has 0 aliphatic heterocycles. The fraction of sp³-hybridized carbons (Fsp3) is 0.556. The Kier molecular flexibility index (Phi) is 2.63. The van der Waals surface area contributed by atoms with Gasteiger partial charge in [0.15, 0.2) is 0 Å². The van der Waals surface area contributed by atoms with Gasteiger partial charge < -0.3 is 5.73 Å². The van der Waals surface area contributed by atoms with Gasteiger partial charge in [0.25, 0.3) is 0 Å². The number of nitrogens with two attached hydrogens (primary N) is 1. The van der Waals surface area contributed by atoms with Crippen molar-refractivity contribution in [3.05, 3.63) is 12.7 Å². The first kappa shape index (κ1) is 8.97. The molecule has 1 rings (SSSR count). The third-order valence-corrected chi connectivity index (χ3v) is 2.36. The van der Waals surface area contributed by atoms with Crippen LogP contribution in [0, 0.1) is 11.8 Å². The minimum absolute atomic E-state index is 0.00523. The molecule has 1 amide bonds. The zero-order chi connectivity index (χ0) is 9.14. The lowest BCUT2D eigenvalue weighted by molar-refractivity contribution is -0.131. The van der Waals surface area contributed by atoms with Crippen LogP contribution in [-0.2, 0) is 9.59 Å². The molecule has 3 heteroatoms. The third-order valence-electron chi connectivity index (χ3n) is 2.36. The van der Waals surface area contributed by atoms with E-state index in [1.54, 1.807) is 6.08 Å². The summed E-state index contributed by atoms with van der Waals surface area (Å²) in [6.07, 6.45) is 3.71. The average molecular weight is 167 g/mol. The lowest BCUT2D eigenvalue weighted by Gasteiger charge is -2.11. The van der Waals surface area contributed by atoms with Crippen LogP contribution in [0.3, 0.4) is 0 Å². The van der Waals surface area contributed by atoms with E-state index in [0.717, 1.165) is 6.42 Å². The van der Waals surface area contributed by atoms with Crippen molar-refractivity contribution < 1.29 is 9.59 Å². The summed E-state index contributed by atoms with van der Waals surface area (Å²) in [4.78, 5) is 22.0. The lowest BCUT2D eigenvalue weighted by Crippen LogP contribution is -2.30. The van der Waals surface area contributed by atoms with E-state index in [4.69, 9.17) is 5.73 Å². The van der Waals surface area contributed by atoms with Crippen molar-refractivity contribution in [3.8, 4) is 0 Å². The molecule has 0 saturated heterocycles. The maximum Gasteiger partial charge on any atom is 0.228 e. The summed E-state index contributed by atoms with van der Waals surface area (Å²) in [5, 5.41) is 0. The van der Waals surface area contributed by atoms with Gasteiger partial charge in [0.05, 0.1) is 5.92 Å². The number of hydrogen-bond acceptors (Lipinski definition) is 2. The maximum atomic E-state index is 11.2. The van der Waals surface area contributed by atoms with Crippen molar-refractivity contribution in [3.63, 3.8) is 0 Å². The molecule has 1 aliphatic rings. The summed E-state index contributed by atoms with van der Waals surface area (Å²) in [6.45, 7) is 3.58. The first-order valence-electron chi connectivity index (χ1n) is 4.09. The molecular weight excluding hydrogens is 154 g/mol. The van der Waals surface area contributed by atoms with Crippen molar-refractivity contribution in [1.29, 1.82) is 0 Å². The minimum Gasteiger partial charge on any atom is -0.369 e. The molecule has 2 atom stereocenters. The summed E-state index contributed by atoms with van der Waals surface area (Å²) in [5.41, 5.74) is 5.11. The maximum absolute atomic E-state index is 11.2. The van der Waals surface area contributed by atoms with Gasteiger partial charge in [-0.25, -0.2) is 0 Å². The summed E-state index contributed by atoms with van der Waals surface area (Å²) in [5.74, 6) is -0.936. The van der Waals surface area contributed by atoms with E-state index in [-0.39, 0.29) is 11.7 Å². The van der Waals surface area contributed by atoms with Crippen LogP contribution in [-0.4, -0.2) is 11.7 Å². The first-order chi connectivity index (χ1) is 5.66. The van der Waals surface area contributed by atoms with Crippen LogP contribution in [0.4, 0.5) is 0 Å². The van der Waals surface area contributed by atoms with E-state index in [0.29, 0.717) is 12.8 Å². The van der Waals surface area contributed by atoms with E-state index in [9.17, 15) is 9.59 Å². The third kappa shape index (κ3) is 1.55. The zero-order valence-electron chi connectivity index (χ0n) is 6.95. The molecule has 0 radical (unpaired) electrons. The second-order valence-electron chi connectivity index (χ2n) is 3.17. The zero-order valence-corrected chi connectivity index (χ0v) is 6.95. The van der Waals surface area contributed by atoms with E-state index in [1.165, 1.54) is 0 Å². The Balaban J connectivity index is 2.69. The molecule has 0 spiro atoms. The Morgan fingerprint density at radius 1 is 1.75 bits per heavy atom. The predicted molar refractivity (Wildman–Crippen MR) is 45.2 cm³/mol. The van der Waals surface area contributed by atoms with Gasteiger partial charge in [-0.1, -0.05) is 6.08 Å². The number of rotatable bonds is 3. The molecule has 1 aliphatic carbocycles. The second kappa shape index (κ2) is 3.52. The molecule has 66 valence electrons. The number of carbonyl (C=O) groups excluding carboxylic acids is 2. The van der Waals surface area contributed by atoms with E-state index in [2.05, 4.69) is 6.58 Å². The minimum atomic E-state index is -0.553. The summed E-state index contributed by atoms with van der Waals surface area (Å²) in [7, 11) is 0. The number of ketones is 1. The van der Waals surface area contributed by atoms with Gasteiger partial charge in [-0.2, -0.15) is 0 Å². The number of primary amides is 1. The Hall–Kier alpha value is -1.12. The van der Waals surface area contributed by atoms with Gasteiger partial charge in [0.1, 0.15) is 5.78 Å². The van der Waals surface area contributed by atoms with Crippen LogP contribution < -0.4 is 5.73 Å². The second-order valence-corrected chi connectivity index (χ2v) is 3.17. The fourth-order valence-corrected chi connectivity index (χ4v) is 1.77. The van der Waals surface area contributed by atoms with Crippen LogP contribution in [0.15, 0.2) is 12.7 Å². The van der Waals surface area contributed by atoms with Crippen LogP contribution in [0.1, 0.15) is 19.3 Å². The van der Waals surface area contributed by atoms with Gasteiger partial charge >= 0.3 is 0 Å². The van der Waals surface area contributed by atoms with E-state index >= 15 is 0 Å². The molecule has 0 bridgehead atoms. The highest BCUT2D eigenvalue weighted by atomic mass is 16.2. The molecular formula is C9H13NO2. The van der Waals surface area contributed by atoms with Gasteiger partial charge in [-0.15, -0.1) is 6.58 Å². The van der Waals surface area contributed by atoms with Gasteiger partial charge in [-0.05, 0) is 18.8 Å². The van der Waals surface area contributed by atoms with Crippen molar-refractivity contribution in [2.45, 2.75) is 19.3 Å². The van der Waals surface area contributed by atoms with Gasteiger partial charge in [0.2, 0.25) is 5.91 Å². The predicted octanol–water partition coefficient (Wildman–Crippen LogP) is 0.643. The Morgan fingerprint density at radius 3 is 2.92 bits per heavy atom. The molecule has 0 aromatic heterocycles.